The second-order valence-corrected chi connectivity index (χ2v) is 5.78. The molecule has 0 aliphatic heterocycles. The number of carbonyl (C=O) groups excluding carboxylic acids is 2. The molecule has 1 aromatic carbocycles. The number of ether oxygens (including phenoxy) is 1. The summed E-state index contributed by atoms with van der Waals surface area (Å²) in [5, 5.41) is 3.03. The van der Waals surface area contributed by atoms with Gasteiger partial charge in [0.15, 0.2) is 0 Å². The summed E-state index contributed by atoms with van der Waals surface area (Å²) in [6, 6.07) is 6.17. The van der Waals surface area contributed by atoms with Gasteiger partial charge in [-0.25, -0.2) is 0 Å². The van der Waals surface area contributed by atoms with Gasteiger partial charge < -0.3 is 15.8 Å². The summed E-state index contributed by atoms with van der Waals surface area (Å²) in [5.74, 6) is -0.916. The van der Waals surface area contributed by atoms with E-state index in [0.29, 0.717) is 12.1 Å². The Labute approximate surface area is 162 Å². The minimum atomic E-state index is -0.732. The van der Waals surface area contributed by atoms with Crippen LogP contribution in [0, 0.1) is 0 Å². The summed E-state index contributed by atoms with van der Waals surface area (Å²) >= 11 is 11.9. The lowest BCUT2D eigenvalue weighted by molar-refractivity contribution is -0.142. The number of halogens is 2. The van der Waals surface area contributed by atoms with Gasteiger partial charge in [-0.15, -0.1) is 0 Å². The number of anilines is 1. The fourth-order valence-corrected chi connectivity index (χ4v) is 2.57. The zero-order chi connectivity index (χ0) is 19.7. The first-order chi connectivity index (χ1) is 12.4. The van der Waals surface area contributed by atoms with Gasteiger partial charge in [-0.1, -0.05) is 49.2 Å². The lowest BCUT2D eigenvalue weighted by Gasteiger charge is -2.11. The molecule has 1 unspecified atom stereocenters. The first-order valence-corrected chi connectivity index (χ1v) is 8.70. The van der Waals surface area contributed by atoms with E-state index in [2.05, 4.69) is 15.0 Å². The third kappa shape index (κ3) is 5.98. The predicted octanol–water partition coefficient (Wildman–Crippen LogP) is 3.71. The molecule has 6 nitrogen and oxygen atoms in total. The molecule has 2 rings (SSSR count). The molecule has 1 amide bonds. The quantitative estimate of drug-likeness (QED) is 0.749. The molecule has 26 heavy (non-hydrogen) atoms. The van der Waals surface area contributed by atoms with Crippen LogP contribution in [0.1, 0.15) is 29.8 Å². The highest BCUT2D eigenvalue weighted by Gasteiger charge is 2.16. The van der Waals surface area contributed by atoms with Crippen molar-refractivity contribution in [2.75, 3.05) is 12.4 Å². The number of aromatic nitrogens is 1. The van der Waals surface area contributed by atoms with Gasteiger partial charge in [-0.05, 0) is 24.1 Å². The van der Waals surface area contributed by atoms with Crippen molar-refractivity contribution in [3.8, 4) is 0 Å². The molecule has 140 valence electrons. The molecule has 3 N–H and O–H groups in total. The number of esters is 1. The molecule has 1 heterocycles. The molecule has 0 bridgehead atoms. The average molecular weight is 398 g/mol. The normalized spacial score (nSPS) is 11.0. The van der Waals surface area contributed by atoms with Crippen LogP contribution in [0.5, 0.6) is 0 Å². The second kappa shape index (κ2) is 10.8. The number of benzene rings is 1. The number of pyridine rings is 1. The fourth-order valence-electron chi connectivity index (χ4n) is 2.03. The monoisotopic (exact) mass is 397 g/mol. The Bertz CT molecular complexity index is 732. The summed E-state index contributed by atoms with van der Waals surface area (Å²) in [4.78, 5) is 27.4. The number of methoxy groups -OCH3 is 1. The predicted molar refractivity (Wildman–Crippen MR) is 104 cm³/mol. The van der Waals surface area contributed by atoms with Crippen molar-refractivity contribution < 1.29 is 14.3 Å². The van der Waals surface area contributed by atoms with Gasteiger partial charge in [0.2, 0.25) is 0 Å². The van der Waals surface area contributed by atoms with Crippen molar-refractivity contribution in [1.82, 2.24) is 4.98 Å². The van der Waals surface area contributed by atoms with E-state index >= 15 is 0 Å². The third-order valence-electron chi connectivity index (χ3n) is 3.25. The van der Waals surface area contributed by atoms with Gasteiger partial charge in [0.25, 0.3) is 5.91 Å². The van der Waals surface area contributed by atoms with Crippen molar-refractivity contribution in [3.63, 3.8) is 0 Å². The van der Waals surface area contributed by atoms with E-state index in [1.807, 2.05) is 13.8 Å². The van der Waals surface area contributed by atoms with Gasteiger partial charge in [0.05, 0.1) is 22.7 Å². The first kappa shape index (κ1) is 21.9. The minimum Gasteiger partial charge on any atom is -0.468 e. The third-order valence-corrected chi connectivity index (χ3v) is 3.82. The minimum absolute atomic E-state index is 0.158. The van der Waals surface area contributed by atoms with E-state index in [9.17, 15) is 9.59 Å². The SMILES string of the molecule is CC.COC(=O)C(N)Cc1ccc(NC(=O)c2c(Cl)cncc2Cl)cc1. The Balaban J connectivity index is 0.00000163. The Kier molecular flexibility index (Phi) is 9.05. The maximum Gasteiger partial charge on any atom is 0.322 e. The summed E-state index contributed by atoms with van der Waals surface area (Å²) in [6.07, 6.45) is 3.03. The number of hydrogen-bond acceptors (Lipinski definition) is 5. The van der Waals surface area contributed by atoms with Gasteiger partial charge in [0.1, 0.15) is 6.04 Å². The molecular formula is C18H21Cl2N3O3. The highest BCUT2D eigenvalue weighted by molar-refractivity contribution is 6.40. The lowest BCUT2D eigenvalue weighted by atomic mass is 10.1. The van der Waals surface area contributed by atoms with E-state index < -0.39 is 17.9 Å². The second-order valence-electron chi connectivity index (χ2n) is 4.96. The van der Waals surface area contributed by atoms with Crippen molar-refractivity contribution in [2.24, 2.45) is 5.73 Å². The van der Waals surface area contributed by atoms with Crippen LogP contribution in [0.4, 0.5) is 5.69 Å². The van der Waals surface area contributed by atoms with Crippen LogP contribution in [-0.4, -0.2) is 30.0 Å². The molecule has 8 heteroatoms. The Morgan fingerprint density at radius 3 is 2.19 bits per heavy atom. The molecule has 0 aliphatic rings. The van der Waals surface area contributed by atoms with Crippen molar-refractivity contribution >= 4 is 40.8 Å². The number of rotatable bonds is 5. The smallest absolute Gasteiger partial charge is 0.322 e. The number of hydrogen-bond donors (Lipinski definition) is 2. The van der Waals surface area contributed by atoms with E-state index in [4.69, 9.17) is 28.9 Å². The average Bonchev–Trinajstić information content (AvgIpc) is 2.64. The Hall–Kier alpha value is -2.15. The zero-order valence-corrected chi connectivity index (χ0v) is 16.3. The van der Waals surface area contributed by atoms with E-state index in [0.717, 1.165) is 5.56 Å². The first-order valence-electron chi connectivity index (χ1n) is 7.95. The summed E-state index contributed by atoms with van der Waals surface area (Å²) in [7, 11) is 1.29. The van der Waals surface area contributed by atoms with Crippen molar-refractivity contribution in [3.05, 3.63) is 57.8 Å². The summed E-state index contributed by atoms with van der Waals surface area (Å²) in [5.41, 5.74) is 7.26. The van der Waals surface area contributed by atoms with Gasteiger partial charge in [-0.3, -0.25) is 14.6 Å². The number of nitrogens with two attached hydrogens (primary N) is 1. The molecule has 0 spiro atoms. The molecule has 0 aliphatic carbocycles. The highest BCUT2D eigenvalue weighted by Crippen LogP contribution is 2.24. The number of carbonyl (C=O) groups is 2. The summed E-state index contributed by atoms with van der Waals surface area (Å²) < 4.78 is 4.58. The van der Waals surface area contributed by atoms with Crippen LogP contribution < -0.4 is 11.1 Å². The maximum absolute atomic E-state index is 12.3. The summed E-state index contributed by atoms with van der Waals surface area (Å²) in [6.45, 7) is 4.00. The highest BCUT2D eigenvalue weighted by atomic mass is 35.5. The van der Waals surface area contributed by atoms with Crippen LogP contribution in [0.2, 0.25) is 10.0 Å². The van der Waals surface area contributed by atoms with E-state index in [-0.39, 0.29) is 15.6 Å². The molecule has 2 aromatic rings. The Morgan fingerprint density at radius 1 is 1.15 bits per heavy atom. The van der Waals surface area contributed by atoms with Crippen LogP contribution in [0.3, 0.4) is 0 Å². The van der Waals surface area contributed by atoms with Crippen LogP contribution >= 0.6 is 23.2 Å². The van der Waals surface area contributed by atoms with E-state index in [1.54, 1.807) is 24.3 Å². The molecule has 0 saturated carbocycles. The standard InChI is InChI=1S/C16H15Cl2N3O3.C2H6/c1-24-16(23)13(19)6-9-2-4-10(5-3-9)21-15(22)14-11(17)7-20-8-12(14)18;1-2/h2-5,7-8,13H,6,19H2,1H3,(H,21,22);1-2H3. The zero-order valence-electron chi connectivity index (χ0n) is 14.8. The fraction of sp³-hybridized carbons (Fsp3) is 0.278. The number of nitrogens with zero attached hydrogens (tertiary/aromatic N) is 1. The van der Waals surface area contributed by atoms with Gasteiger partial charge in [0, 0.05) is 18.1 Å². The van der Waals surface area contributed by atoms with Gasteiger partial charge in [-0.2, -0.15) is 0 Å². The lowest BCUT2D eigenvalue weighted by Crippen LogP contribution is -2.33. The molecule has 1 aromatic heterocycles. The number of nitrogens with one attached hydrogen (secondary N) is 1. The van der Waals surface area contributed by atoms with Crippen molar-refractivity contribution in [1.29, 1.82) is 0 Å². The molecular weight excluding hydrogens is 377 g/mol. The van der Waals surface area contributed by atoms with Crippen LogP contribution in [0.15, 0.2) is 36.7 Å². The molecule has 0 saturated heterocycles. The van der Waals surface area contributed by atoms with Crippen LogP contribution in [-0.2, 0) is 16.0 Å². The largest absolute Gasteiger partial charge is 0.468 e. The van der Waals surface area contributed by atoms with E-state index in [1.165, 1.54) is 19.5 Å². The molecule has 1 atom stereocenters. The number of amides is 1. The van der Waals surface area contributed by atoms with Crippen molar-refractivity contribution in [2.45, 2.75) is 26.3 Å². The van der Waals surface area contributed by atoms with Crippen LogP contribution in [0.25, 0.3) is 0 Å². The molecule has 0 radical (unpaired) electrons. The van der Waals surface area contributed by atoms with Gasteiger partial charge >= 0.3 is 5.97 Å². The Morgan fingerprint density at radius 2 is 1.69 bits per heavy atom. The maximum atomic E-state index is 12.3. The topological polar surface area (TPSA) is 94.3 Å². The molecule has 0 fully saturated rings.